The van der Waals surface area contributed by atoms with Crippen LogP contribution in [-0.4, -0.2) is 35.3 Å². The van der Waals surface area contributed by atoms with Gasteiger partial charge in [-0.05, 0) is 40.3 Å². The minimum atomic E-state index is -0.842. The van der Waals surface area contributed by atoms with E-state index in [-0.39, 0.29) is 6.04 Å². The number of carbonyl (C=O) groups is 1. The number of hydrogen-bond acceptors (Lipinski definition) is 2. The first-order valence-corrected chi connectivity index (χ1v) is 6.58. The van der Waals surface area contributed by atoms with E-state index in [4.69, 9.17) is 9.84 Å². The lowest BCUT2D eigenvalue weighted by molar-refractivity contribution is -0.0430. The van der Waals surface area contributed by atoms with Crippen LogP contribution in [0, 0.1) is 3.57 Å². The van der Waals surface area contributed by atoms with E-state index in [1.165, 1.54) is 8.47 Å². The molecule has 4 nitrogen and oxygen atoms in total. The van der Waals surface area contributed by atoms with Crippen LogP contribution in [0.25, 0.3) is 0 Å². The van der Waals surface area contributed by atoms with Gasteiger partial charge in [-0.1, -0.05) is 12.1 Å². The molecule has 0 unspecified atom stereocenters. The number of hydrogen-bond donors (Lipinski definition) is 1. The Hall–Kier alpha value is -0.820. The van der Waals surface area contributed by atoms with Crippen LogP contribution < -0.4 is 0 Å². The molecule has 2 saturated heterocycles. The molecule has 0 spiro atoms. The first kappa shape index (κ1) is 11.3. The number of morpholine rings is 1. The van der Waals surface area contributed by atoms with E-state index in [1.807, 2.05) is 24.3 Å². The highest BCUT2D eigenvalue weighted by molar-refractivity contribution is 14.1. The van der Waals surface area contributed by atoms with Crippen molar-refractivity contribution in [3.8, 4) is 0 Å². The summed E-state index contributed by atoms with van der Waals surface area (Å²) >= 11 is 2.26. The highest BCUT2D eigenvalue weighted by Gasteiger charge is 2.53. The van der Waals surface area contributed by atoms with Crippen molar-refractivity contribution in [2.75, 3.05) is 13.2 Å². The minimum Gasteiger partial charge on any atom is -0.465 e. The van der Waals surface area contributed by atoms with Crippen LogP contribution in [0.1, 0.15) is 12.0 Å². The maximum Gasteiger partial charge on any atom is 0.407 e. The van der Waals surface area contributed by atoms with Crippen LogP contribution in [0.4, 0.5) is 4.79 Å². The largest absolute Gasteiger partial charge is 0.465 e. The van der Waals surface area contributed by atoms with Gasteiger partial charge in [-0.25, -0.2) is 4.79 Å². The predicted molar refractivity (Wildman–Crippen MR) is 69.9 cm³/mol. The zero-order valence-corrected chi connectivity index (χ0v) is 11.3. The number of benzene rings is 1. The second kappa shape index (κ2) is 3.84. The number of ether oxygens (including phenoxy) is 1. The van der Waals surface area contributed by atoms with Gasteiger partial charge in [0, 0.05) is 9.99 Å². The third-order valence-electron chi connectivity index (χ3n) is 3.60. The monoisotopic (exact) mass is 345 g/mol. The molecule has 5 heteroatoms. The normalized spacial score (nSPS) is 30.9. The Kier molecular flexibility index (Phi) is 2.55. The highest BCUT2D eigenvalue weighted by atomic mass is 127. The van der Waals surface area contributed by atoms with Gasteiger partial charge in [0.25, 0.3) is 0 Å². The van der Waals surface area contributed by atoms with Gasteiger partial charge in [-0.15, -0.1) is 0 Å². The van der Waals surface area contributed by atoms with Gasteiger partial charge in [0.1, 0.15) is 5.60 Å². The van der Waals surface area contributed by atoms with Crippen LogP contribution in [0.2, 0.25) is 0 Å². The molecular weight excluding hydrogens is 333 g/mol. The molecule has 1 N–H and O–H groups in total. The van der Waals surface area contributed by atoms with Crippen molar-refractivity contribution >= 4 is 28.7 Å². The van der Waals surface area contributed by atoms with Crippen molar-refractivity contribution in [2.45, 2.75) is 18.1 Å². The van der Waals surface area contributed by atoms with Crippen molar-refractivity contribution in [1.82, 2.24) is 4.90 Å². The number of halogens is 1. The molecule has 2 heterocycles. The second-order valence-electron chi connectivity index (χ2n) is 4.58. The quantitative estimate of drug-likeness (QED) is 0.795. The topological polar surface area (TPSA) is 49.8 Å². The van der Waals surface area contributed by atoms with Crippen molar-refractivity contribution in [3.05, 3.63) is 33.4 Å². The maximum atomic E-state index is 11.1. The summed E-state index contributed by atoms with van der Waals surface area (Å²) in [5, 5.41) is 9.11. The molecule has 2 atom stereocenters. The lowest BCUT2D eigenvalue weighted by atomic mass is 9.93. The molecule has 90 valence electrons. The average Bonchev–Trinajstić information content (AvgIpc) is 2.88. The maximum absolute atomic E-state index is 11.1. The van der Waals surface area contributed by atoms with E-state index >= 15 is 0 Å². The molecule has 2 fully saturated rings. The van der Waals surface area contributed by atoms with E-state index in [9.17, 15) is 4.79 Å². The fraction of sp³-hybridized carbons (Fsp3) is 0.417. The molecule has 0 radical (unpaired) electrons. The Labute approximate surface area is 113 Å². The van der Waals surface area contributed by atoms with E-state index in [2.05, 4.69) is 22.6 Å². The van der Waals surface area contributed by atoms with E-state index in [0.717, 1.165) is 12.0 Å². The summed E-state index contributed by atoms with van der Waals surface area (Å²) in [6.45, 7) is 0.964. The molecule has 2 bridgehead atoms. The standard InChI is InChI=1S/C12H12INO3/c13-9-3-1-8(2-4-9)12-5-10(6-17-12)14(7-12)11(15)16/h1-4,10H,5-7H2,(H,15,16)/t10-,12-/m0/s1. The summed E-state index contributed by atoms with van der Waals surface area (Å²) < 4.78 is 7.01. The summed E-state index contributed by atoms with van der Waals surface area (Å²) in [4.78, 5) is 12.6. The Bertz CT molecular complexity index is 461. The molecule has 17 heavy (non-hydrogen) atoms. The lowest BCUT2D eigenvalue weighted by Gasteiger charge is -2.31. The van der Waals surface area contributed by atoms with Crippen LogP contribution in [0.3, 0.4) is 0 Å². The summed E-state index contributed by atoms with van der Waals surface area (Å²) in [6.07, 6.45) is -0.0643. The lowest BCUT2D eigenvalue weighted by Crippen LogP contribution is -2.43. The smallest absolute Gasteiger partial charge is 0.407 e. The number of carboxylic acid groups (broad SMARTS) is 1. The Morgan fingerprint density at radius 2 is 2.18 bits per heavy atom. The number of fused-ring (bicyclic) bond motifs is 2. The van der Waals surface area contributed by atoms with Crippen molar-refractivity contribution < 1.29 is 14.6 Å². The number of rotatable bonds is 1. The van der Waals surface area contributed by atoms with Gasteiger partial charge in [0.05, 0.1) is 19.2 Å². The number of nitrogens with zero attached hydrogens (tertiary/aromatic N) is 1. The first-order valence-electron chi connectivity index (χ1n) is 5.50. The van der Waals surface area contributed by atoms with Crippen molar-refractivity contribution in [3.63, 3.8) is 0 Å². The molecule has 1 amide bonds. The number of likely N-dealkylation sites (tertiary alicyclic amines) is 1. The molecule has 0 aromatic heterocycles. The summed E-state index contributed by atoms with van der Waals surface area (Å²) in [7, 11) is 0. The summed E-state index contributed by atoms with van der Waals surface area (Å²) in [5.74, 6) is 0. The zero-order valence-electron chi connectivity index (χ0n) is 9.10. The fourth-order valence-corrected chi connectivity index (χ4v) is 3.10. The first-order chi connectivity index (χ1) is 8.11. The Morgan fingerprint density at radius 3 is 2.76 bits per heavy atom. The average molecular weight is 345 g/mol. The van der Waals surface area contributed by atoms with Crippen LogP contribution >= 0.6 is 22.6 Å². The van der Waals surface area contributed by atoms with Gasteiger partial charge >= 0.3 is 6.09 Å². The zero-order chi connectivity index (χ0) is 12.0. The van der Waals surface area contributed by atoms with Gasteiger partial charge in [0.2, 0.25) is 0 Å². The molecule has 1 aromatic rings. The van der Waals surface area contributed by atoms with Gasteiger partial charge in [-0.3, -0.25) is 4.90 Å². The van der Waals surface area contributed by atoms with Crippen LogP contribution in [0.15, 0.2) is 24.3 Å². The van der Waals surface area contributed by atoms with Gasteiger partial charge in [-0.2, -0.15) is 0 Å². The third-order valence-corrected chi connectivity index (χ3v) is 4.32. The second-order valence-corrected chi connectivity index (χ2v) is 5.83. The van der Waals surface area contributed by atoms with Crippen molar-refractivity contribution in [1.29, 1.82) is 0 Å². The van der Waals surface area contributed by atoms with E-state index < -0.39 is 11.7 Å². The highest BCUT2D eigenvalue weighted by Crippen LogP contribution is 2.44. The van der Waals surface area contributed by atoms with Crippen molar-refractivity contribution in [2.24, 2.45) is 0 Å². The summed E-state index contributed by atoms with van der Waals surface area (Å²) in [6, 6.07) is 8.16. The molecule has 3 rings (SSSR count). The fourth-order valence-electron chi connectivity index (χ4n) is 2.74. The Morgan fingerprint density at radius 1 is 1.47 bits per heavy atom. The third kappa shape index (κ3) is 1.72. The van der Waals surface area contributed by atoms with Crippen LogP contribution in [0.5, 0.6) is 0 Å². The molecule has 0 aliphatic carbocycles. The van der Waals surface area contributed by atoms with Crippen LogP contribution in [-0.2, 0) is 10.3 Å². The molecule has 0 saturated carbocycles. The SMILES string of the molecule is O=C(O)N1C[C@]2(c3ccc(I)cc3)C[C@H]1CO2. The van der Waals surface area contributed by atoms with Gasteiger partial charge < -0.3 is 9.84 Å². The van der Waals surface area contributed by atoms with E-state index in [0.29, 0.717) is 13.2 Å². The van der Waals surface area contributed by atoms with E-state index in [1.54, 1.807) is 0 Å². The number of amides is 1. The summed E-state index contributed by atoms with van der Waals surface area (Å²) in [5.41, 5.74) is 0.678. The molecule has 2 aliphatic rings. The molecular formula is C12H12INO3. The molecule has 1 aromatic carbocycles. The van der Waals surface area contributed by atoms with Gasteiger partial charge in [0.15, 0.2) is 0 Å². The molecule has 2 aliphatic heterocycles. The minimum absolute atomic E-state index is 0.0202. The predicted octanol–water partition coefficient (Wildman–Crippen LogP) is 2.27. The Balaban J connectivity index is 1.93.